The smallest absolute Gasteiger partial charge is 0.306 e. The van der Waals surface area contributed by atoms with Gasteiger partial charge in [-0.05, 0) is 17.8 Å². The van der Waals surface area contributed by atoms with Gasteiger partial charge < -0.3 is 9.47 Å². The summed E-state index contributed by atoms with van der Waals surface area (Å²) >= 11 is 0. The van der Waals surface area contributed by atoms with Crippen LogP contribution in [0.25, 0.3) is 0 Å². The Balaban J connectivity index is 2.36. The molecule has 0 aliphatic carbocycles. The molecule has 100 valence electrons. The minimum atomic E-state index is -0.0377. The van der Waals surface area contributed by atoms with Crippen LogP contribution in [0.4, 0.5) is 0 Å². The molecule has 0 aromatic rings. The standard InChI is InChI=1S/C14H26O3/c1-10(2)13(11(3)4)9-14(15)17-12-5-7-16-8-6-12/h10-13H,5-9H2,1-4H3. The maximum Gasteiger partial charge on any atom is 0.306 e. The predicted molar refractivity (Wildman–Crippen MR) is 67.7 cm³/mol. The summed E-state index contributed by atoms with van der Waals surface area (Å²) in [4.78, 5) is 11.9. The van der Waals surface area contributed by atoms with Crippen LogP contribution in [0.15, 0.2) is 0 Å². The lowest BCUT2D eigenvalue weighted by molar-refractivity contribution is -0.155. The Morgan fingerprint density at radius 3 is 2.18 bits per heavy atom. The first kappa shape index (κ1) is 14.5. The van der Waals surface area contributed by atoms with Gasteiger partial charge in [-0.3, -0.25) is 4.79 Å². The topological polar surface area (TPSA) is 35.5 Å². The second-order valence-electron chi connectivity index (χ2n) is 5.66. The average Bonchev–Trinajstić information content (AvgIpc) is 2.26. The average molecular weight is 242 g/mol. The van der Waals surface area contributed by atoms with E-state index >= 15 is 0 Å². The summed E-state index contributed by atoms with van der Waals surface area (Å²) in [5.74, 6) is 1.43. The Kier molecular flexibility index (Phi) is 5.96. The van der Waals surface area contributed by atoms with Gasteiger partial charge in [0.25, 0.3) is 0 Å². The molecule has 0 aromatic carbocycles. The highest BCUT2D eigenvalue weighted by molar-refractivity contribution is 5.70. The van der Waals surface area contributed by atoms with E-state index in [2.05, 4.69) is 27.7 Å². The monoisotopic (exact) mass is 242 g/mol. The number of rotatable bonds is 5. The highest BCUT2D eigenvalue weighted by Crippen LogP contribution is 2.25. The summed E-state index contributed by atoms with van der Waals surface area (Å²) in [6, 6.07) is 0. The summed E-state index contributed by atoms with van der Waals surface area (Å²) in [5, 5.41) is 0. The minimum absolute atomic E-state index is 0.0377. The van der Waals surface area contributed by atoms with Crippen LogP contribution < -0.4 is 0 Å². The van der Waals surface area contributed by atoms with Crippen LogP contribution in [-0.4, -0.2) is 25.3 Å². The van der Waals surface area contributed by atoms with Gasteiger partial charge in [0, 0.05) is 19.3 Å². The molecular formula is C14H26O3. The maximum atomic E-state index is 11.9. The van der Waals surface area contributed by atoms with Crippen molar-refractivity contribution in [3.8, 4) is 0 Å². The van der Waals surface area contributed by atoms with Crippen molar-refractivity contribution in [3.05, 3.63) is 0 Å². The molecule has 0 N–H and O–H groups in total. The van der Waals surface area contributed by atoms with E-state index in [0.717, 1.165) is 26.1 Å². The third-order valence-electron chi connectivity index (χ3n) is 3.58. The first-order chi connectivity index (χ1) is 8.00. The largest absolute Gasteiger partial charge is 0.462 e. The zero-order valence-electron chi connectivity index (χ0n) is 11.6. The molecule has 0 radical (unpaired) electrons. The quantitative estimate of drug-likeness (QED) is 0.695. The molecule has 0 spiro atoms. The zero-order chi connectivity index (χ0) is 12.8. The Bertz CT molecular complexity index is 222. The molecule has 1 aliphatic rings. The summed E-state index contributed by atoms with van der Waals surface area (Å²) in [6.07, 6.45) is 2.32. The highest BCUT2D eigenvalue weighted by Gasteiger charge is 2.24. The number of carbonyl (C=O) groups is 1. The van der Waals surface area contributed by atoms with Gasteiger partial charge in [0.2, 0.25) is 0 Å². The van der Waals surface area contributed by atoms with Crippen molar-refractivity contribution < 1.29 is 14.3 Å². The van der Waals surface area contributed by atoms with E-state index in [1.54, 1.807) is 0 Å². The van der Waals surface area contributed by atoms with Crippen LogP contribution >= 0.6 is 0 Å². The van der Waals surface area contributed by atoms with Crippen molar-refractivity contribution in [1.29, 1.82) is 0 Å². The lowest BCUT2D eigenvalue weighted by Gasteiger charge is -2.26. The van der Waals surface area contributed by atoms with E-state index in [1.165, 1.54) is 0 Å². The fourth-order valence-corrected chi connectivity index (χ4v) is 2.46. The molecule has 0 saturated carbocycles. The van der Waals surface area contributed by atoms with Crippen molar-refractivity contribution in [2.45, 2.75) is 53.1 Å². The second kappa shape index (κ2) is 7.00. The highest BCUT2D eigenvalue weighted by atomic mass is 16.6. The van der Waals surface area contributed by atoms with Crippen LogP contribution in [-0.2, 0) is 14.3 Å². The Hall–Kier alpha value is -0.570. The van der Waals surface area contributed by atoms with Crippen molar-refractivity contribution in [1.82, 2.24) is 0 Å². The van der Waals surface area contributed by atoms with Crippen molar-refractivity contribution in [2.24, 2.45) is 17.8 Å². The molecule has 1 fully saturated rings. The fraction of sp³-hybridized carbons (Fsp3) is 0.929. The molecule has 17 heavy (non-hydrogen) atoms. The van der Waals surface area contributed by atoms with Crippen LogP contribution in [0.5, 0.6) is 0 Å². The maximum absolute atomic E-state index is 11.9. The molecular weight excluding hydrogens is 216 g/mol. The van der Waals surface area contributed by atoms with Gasteiger partial charge in [-0.2, -0.15) is 0 Å². The Labute approximate surface area is 105 Å². The summed E-state index contributed by atoms with van der Waals surface area (Å²) in [6.45, 7) is 10.1. The van der Waals surface area contributed by atoms with E-state index in [1.807, 2.05) is 0 Å². The second-order valence-corrected chi connectivity index (χ2v) is 5.66. The Morgan fingerprint density at radius 2 is 1.71 bits per heavy atom. The van der Waals surface area contributed by atoms with E-state index in [-0.39, 0.29) is 12.1 Å². The predicted octanol–water partition coefficient (Wildman–Crippen LogP) is 3.03. The summed E-state index contributed by atoms with van der Waals surface area (Å²) < 4.78 is 10.8. The molecule has 0 unspecified atom stereocenters. The summed E-state index contributed by atoms with van der Waals surface area (Å²) in [5.41, 5.74) is 0. The third kappa shape index (κ3) is 5.07. The lowest BCUT2D eigenvalue weighted by atomic mass is 9.83. The van der Waals surface area contributed by atoms with Crippen LogP contribution in [0.3, 0.4) is 0 Å². The molecule has 0 bridgehead atoms. The first-order valence-corrected chi connectivity index (χ1v) is 6.78. The van der Waals surface area contributed by atoms with E-state index in [4.69, 9.17) is 9.47 Å². The number of esters is 1. The van der Waals surface area contributed by atoms with Crippen LogP contribution in [0.1, 0.15) is 47.0 Å². The molecule has 3 nitrogen and oxygen atoms in total. The Morgan fingerprint density at radius 1 is 1.18 bits per heavy atom. The molecule has 3 heteroatoms. The van der Waals surface area contributed by atoms with Gasteiger partial charge >= 0.3 is 5.97 Å². The number of carbonyl (C=O) groups excluding carboxylic acids is 1. The van der Waals surface area contributed by atoms with E-state index in [9.17, 15) is 4.79 Å². The van der Waals surface area contributed by atoms with Gasteiger partial charge in [-0.1, -0.05) is 27.7 Å². The van der Waals surface area contributed by atoms with Crippen LogP contribution in [0, 0.1) is 17.8 Å². The first-order valence-electron chi connectivity index (χ1n) is 6.78. The lowest BCUT2D eigenvalue weighted by Crippen LogP contribution is -2.28. The summed E-state index contributed by atoms with van der Waals surface area (Å²) in [7, 11) is 0. The van der Waals surface area contributed by atoms with Crippen LogP contribution in [0.2, 0.25) is 0 Å². The molecule has 0 atom stereocenters. The molecule has 0 amide bonds. The third-order valence-corrected chi connectivity index (χ3v) is 3.58. The number of hydrogen-bond donors (Lipinski definition) is 0. The van der Waals surface area contributed by atoms with Gasteiger partial charge in [0.15, 0.2) is 0 Å². The normalized spacial score (nSPS) is 18.1. The molecule has 1 saturated heterocycles. The van der Waals surface area contributed by atoms with Crippen molar-refractivity contribution in [3.63, 3.8) is 0 Å². The van der Waals surface area contributed by atoms with E-state index in [0.29, 0.717) is 24.2 Å². The molecule has 1 heterocycles. The van der Waals surface area contributed by atoms with E-state index < -0.39 is 0 Å². The number of hydrogen-bond acceptors (Lipinski definition) is 3. The molecule has 1 aliphatic heterocycles. The van der Waals surface area contributed by atoms with Crippen molar-refractivity contribution >= 4 is 5.97 Å². The number of ether oxygens (including phenoxy) is 2. The minimum Gasteiger partial charge on any atom is -0.462 e. The van der Waals surface area contributed by atoms with Gasteiger partial charge in [-0.15, -0.1) is 0 Å². The fourth-order valence-electron chi connectivity index (χ4n) is 2.46. The van der Waals surface area contributed by atoms with Crippen molar-refractivity contribution in [2.75, 3.05) is 13.2 Å². The zero-order valence-corrected chi connectivity index (χ0v) is 11.6. The van der Waals surface area contributed by atoms with Gasteiger partial charge in [0.1, 0.15) is 6.10 Å². The SMILES string of the molecule is CC(C)C(CC(=O)OC1CCOCC1)C(C)C. The molecule has 1 rings (SSSR count). The van der Waals surface area contributed by atoms with Gasteiger partial charge in [0.05, 0.1) is 13.2 Å². The van der Waals surface area contributed by atoms with Gasteiger partial charge in [-0.25, -0.2) is 0 Å². The molecule has 0 aromatic heterocycles.